The van der Waals surface area contributed by atoms with Crippen LogP contribution in [-0.4, -0.2) is 62.1 Å². The predicted octanol–water partition coefficient (Wildman–Crippen LogP) is 4.30. The molecule has 5 nitrogen and oxygen atoms in total. The van der Waals surface area contributed by atoms with Gasteiger partial charge in [-0.3, -0.25) is 0 Å². The minimum atomic E-state index is -3.16. The second-order valence-corrected chi connectivity index (χ2v) is 10.6. The lowest BCUT2D eigenvalue weighted by molar-refractivity contribution is 0.319. The zero-order valence-corrected chi connectivity index (χ0v) is 18.7. The van der Waals surface area contributed by atoms with E-state index in [0.717, 1.165) is 24.9 Å². The van der Waals surface area contributed by atoms with E-state index in [4.69, 9.17) is 0 Å². The van der Waals surface area contributed by atoms with Crippen molar-refractivity contribution < 1.29 is 8.42 Å². The lowest BCUT2D eigenvalue weighted by Gasteiger charge is -2.31. The molecule has 1 aliphatic rings. The van der Waals surface area contributed by atoms with Crippen LogP contribution in [0.1, 0.15) is 30.7 Å². The zero-order chi connectivity index (χ0) is 21.1. The molecule has 0 unspecified atom stereocenters. The third-order valence-electron chi connectivity index (χ3n) is 6.12. The quantitative estimate of drug-likeness (QED) is 0.614. The van der Waals surface area contributed by atoms with Crippen molar-refractivity contribution in [2.75, 3.05) is 39.5 Å². The molecule has 0 bridgehead atoms. The first-order valence-electron chi connectivity index (χ1n) is 10.7. The highest BCUT2D eigenvalue weighted by Gasteiger charge is 2.29. The Morgan fingerprint density at radius 3 is 2.47 bits per heavy atom. The van der Waals surface area contributed by atoms with Gasteiger partial charge in [0.25, 0.3) is 0 Å². The number of fused-ring (bicyclic) bond motifs is 1. The summed E-state index contributed by atoms with van der Waals surface area (Å²) in [5.74, 6) is 0.626. The first-order valence-corrected chi connectivity index (χ1v) is 12.3. The molecular weight excluding hydrogens is 394 g/mol. The number of nitrogens with zero attached hydrogens (tertiary/aromatic N) is 2. The van der Waals surface area contributed by atoms with Crippen molar-refractivity contribution in [1.29, 1.82) is 0 Å². The number of sulfonamides is 1. The summed E-state index contributed by atoms with van der Waals surface area (Å²) < 4.78 is 27.0. The summed E-state index contributed by atoms with van der Waals surface area (Å²) in [5, 5.41) is 1.25. The first-order chi connectivity index (χ1) is 14.4. The molecule has 160 valence electrons. The summed E-state index contributed by atoms with van der Waals surface area (Å²) in [6.45, 7) is 2.02. The number of H-pyrrole nitrogens is 1. The Hall–Kier alpha value is -2.15. The topological polar surface area (TPSA) is 56.4 Å². The van der Waals surface area contributed by atoms with Crippen LogP contribution in [-0.2, 0) is 10.0 Å². The third kappa shape index (κ3) is 4.61. The molecule has 30 heavy (non-hydrogen) atoms. The van der Waals surface area contributed by atoms with Crippen LogP contribution in [0.4, 0.5) is 0 Å². The fourth-order valence-electron chi connectivity index (χ4n) is 4.43. The van der Waals surface area contributed by atoms with E-state index in [-0.39, 0.29) is 5.75 Å². The summed E-state index contributed by atoms with van der Waals surface area (Å²) in [5.41, 5.74) is 4.88. The maximum atomic E-state index is 12.7. The van der Waals surface area contributed by atoms with Crippen LogP contribution in [0, 0.1) is 0 Å². The SMILES string of the molecule is CN(C)CCCS(=O)(=O)N1CCC(c2c[nH]c3ccc(-c4ccccc4)cc23)CC1. The van der Waals surface area contributed by atoms with Crippen LogP contribution in [0.5, 0.6) is 0 Å². The van der Waals surface area contributed by atoms with E-state index in [0.29, 0.717) is 25.4 Å². The van der Waals surface area contributed by atoms with Crippen LogP contribution in [0.2, 0.25) is 0 Å². The largest absolute Gasteiger partial charge is 0.361 e. The molecule has 1 fully saturated rings. The number of piperidine rings is 1. The van der Waals surface area contributed by atoms with Gasteiger partial charge in [-0.15, -0.1) is 0 Å². The van der Waals surface area contributed by atoms with Gasteiger partial charge in [0.15, 0.2) is 0 Å². The molecular formula is C24H31N3O2S. The van der Waals surface area contributed by atoms with Crippen molar-refractivity contribution in [3.8, 4) is 11.1 Å². The van der Waals surface area contributed by atoms with Gasteiger partial charge < -0.3 is 9.88 Å². The molecule has 2 heterocycles. The Balaban J connectivity index is 1.47. The molecule has 2 aromatic carbocycles. The predicted molar refractivity (Wildman–Crippen MR) is 124 cm³/mol. The van der Waals surface area contributed by atoms with Crippen LogP contribution < -0.4 is 0 Å². The van der Waals surface area contributed by atoms with Crippen LogP contribution in [0.15, 0.2) is 54.7 Å². The average molecular weight is 426 g/mol. The van der Waals surface area contributed by atoms with E-state index in [1.807, 2.05) is 25.1 Å². The van der Waals surface area contributed by atoms with Gasteiger partial charge >= 0.3 is 0 Å². The third-order valence-corrected chi connectivity index (χ3v) is 8.07. The van der Waals surface area contributed by atoms with Gasteiger partial charge in [0, 0.05) is 30.2 Å². The van der Waals surface area contributed by atoms with Crippen molar-refractivity contribution in [3.63, 3.8) is 0 Å². The van der Waals surface area contributed by atoms with Crippen molar-refractivity contribution in [3.05, 3.63) is 60.3 Å². The standard InChI is InChI=1S/C24H31N3O2S/c1-26(2)13-6-16-30(28,29)27-14-11-20(12-15-27)23-18-25-24-10-9-21(17-22(23)24)19-7-4-3-5-8-19/h3-5,7-10,17-18,20,25H,6,11-16H2,1-2H3. The number of nitrogens with one attached hydrogen (secondary N) is 1. The molecule has 3 aromatic rings. The number of rotatable bonds is 7. The maximum Gasteiger partial charge on any atom is 0.214 e. The number of aromatic nitrogens is 1. The molecule has 4 rings (SSSR count). The molecule has 0 aliphatic carbocycles. The van der Waals surface area contributed by atoms with Gasteiger partial charge in [0.2, 0.25) is 10.0 Å². The normalized spacial score (nSPS) is 16.5. The minimum absolute atomic E-state index is 0.239. The first kappa shape index (κ1) is 21.1. The molecule has 6 heteroatoms. The molecule has 1 aliphatic heterocycles. The number of hydrogen-bond acceptors (Lipinski definition) is 3. The van der Waals surface area contributed by atoms with E-state index in [2.05, 4.69) is 53.6 Å². The Bertz CT molecular complexity index is 1080. The van der Waals surface area contributed by atoms with Gasteiger partial charge in [-0.25, -0.2) is 12.7 Å². The minimum Gasteiger partial charge on any atom is -0.361 e. The van der Waals surface area contributed by atoms with Gasteiger partial charge in [-0.1, -0.05) is 36.4 Å². The van der Waals surface area contributed by atoms with Crippen LogP contribution in [0.3, 0.4) is 0 Å². The number of benzene rings is 2. The molecule has 1 aromatic heterocycles. The Kier molecular flexibility index (Phi) is 6.27. The van der Waals surface area contributed by atoms with Crippen molar-refractivity contribution in [1.82, 2.24) is 14.2 Å². The van der Waals surface area contributed by atoms with E-state index in [9.17, 15) is 8.42 Å². The second kappa shape index (κ2) is 8.92. The van der Waals surface area contributed by atoms with Crippen molar-refractivity contribution in [2.24, 2.45) is 0 Å². The number of hydrogen-bond donors (Lipinski definition) is 1. The molecule has 1 saturated heterocycles. The van der Waals surface area contributed by atoms with Crippen LogP contribution >= 0.6 is 0 Å². The lowest BCUT2D eigenvalue weighted by atomic mass is 9.89. The zero-order valence-electron chi connectivity index (χ0n) is 17.8. The summed E-state index contributed by atoms with van der Waals surface area (Å²) >= 11 is 0. The molecule has 0 radical (unpaired) electrons. The van der Waals surface area contributed by atoms with E-state index in [1.165, 1.54) is 22.1 Å². The Labute approximate surface area is 179 Å². The Morgan fingerprint density at radius 1 is 1.03 bits per heavy atom. The summed E-state index contributed by atoms with van der Waals surface area (Å²) in [7, 11) is 0.792. The molecule has 0 amide bonds. The Morgan fingerprint density at radius 2 is 1.77 bits per heavy atom. The monoisotopic (exact) mass is 425 g/mol. The van der Waals surface area contributed by atoms with Gasteiger partial charge in [0.05, 0.1) is 5.75 Å². The average Bonchev–Trinajstić information content (AvgIpc) is 3.17. The summed E-state index contributed by atoms with van der Waals surface area (Å²) in [4.78, 5) is 5.44. The highest BCUT2D eigenvalue weighted by molar-refractivity contribution is 7.89. The van der Waals surface area contributed by atoms with Gasteiger partial charge in [0.1, 0.15) is 0 Å². The highest BCUT2D eigenvalue weighted by Crippen LogP contribution is 2.35. The molecule has 1 N–H and O–H groups in total. The van der Waals surface area contributed by atoms with Gasteiger partial charge in [-0.05, 0) is 74.6 Å². The summed E-state index contributed by atoms with van der Waals surface area (Å²) in [6.07, 6.45) is 4.54. The molecule has 0 spiro atoms. The van der Waals surface area contributed by atoms with Gasteiger partial charge in [-0.2, -0.15) is 0 Å². The molecule has 0 atom stereocenters. The summed E-state index contributed by atoms with van der Waals surface area (Å²) in [6, 6.07) is 17.0. The lowest BCUT2D eigenvalue weighted by Crippen LogP contribution is -2.39. The van der Waals surface area contributed by atoms with E-state index in [1.54, 1.807) is 4.31 Å². The molecule has 0 saturated carbocycles. The van der Waals surface area contributed by atoms with Crippen LogP contribution in [0.25, 0.3) is 22.0 Å². The van der Waals surface area contributed by atoms with E-state index < -0.39 is 10.0 Å². The fourth-order valence-corrected chi connectivity index (χ4v) is 5.95. The van der Waals surface area contributed by atoms with Crippen molar-refractivity contribution in [2.45, 2.75) is 25.2 Å². The maximum absolute atomic E-state index is 12.7. The van der Waals surface area contributed by atoms with Crippen molar-refractivity contribution >= 4 is 20.9 Å². The second-order valence-electron chi connectivity index (χ2n) is 8.52. The smallest absolute Gasteiger partial charge is 0.214 e. The van der Waals surface area contributed by atoms with E-state index >= 15 is 0 Å². The highest BCUT2D eigenvalue weighted by atomic mass is 32.2. The number of aromatic amines is 1. The fraction of sp³-hybridized carbons (Fsp3) is 0.417.